The minimum Gasteiger partial charge on any atom is -0.393 e. The lowest BCUT2D eigenvalue weighted by atomic mass is 9.95. The molecule has 0 aliphatic heterocycles. The van der Waals surface area contributed by atoms with E-state index in [1.54, 1.807) is 6.20 Å². The van der Waals surface area contributed by atoms with Crippen molar-refractivity contribution in [3.63, 3.8) is 0 Å². The number of H-pyrrole nitrogens is 1. The number of hydrogen-bond acceptors (Lipinski definition) is 3. The Balaban J connectivity index is 1.87. The van der Waals surface area contributed by atoms with Gasteiger partial charge in [0.05, 0.1) is 23.4 Å². The smallest absolute Gasteiger partial charge is 0.0969 e. The van der Waals surface area contributed by atoms with Crippen LogP contribution in [0.5, 0.6) is 0 Å². The van der Waals surface area contributed by atoms with E-state index in [0.29, 0.717) is 17.9 Å². The van der Waals surface area contributed by atoms with Gasteiger partial charge in [-0.1, -0.05) is 11.6 Å². The van der Waals surface area contributed by atoms with Gasteiger partial charge in [0, 0.05) is 22.2 Å². The first kappa shape index (κ1) is 10.8. The summed E-state index contributed by atoms with van der Waals surface area (Å²) in [7, 11) is 0. The average Bonchev–Trinajstić information content (AvgIpc) is 2.78. The Labute approximate surface area is 109 Å². The first-order valence-electron chi connectivity index (χ1n) is 6.14. The zero-order chi connectivity index (χ0) is 12.5. The van der Waals surface area contributed by atoms with E-state index < -0.39 is 5.60 Å². The summed E-state index contributed by atoms with van der Waals surface area (Å²) in [6, 6.07) is 3.63. The van der Waals surface area contributed by atoms with Gasteiger partial charge < -0.3 is 10.2 Å². The number of aromatic nitrogens is 2. The molecular weight excluding hydrogens is 252 g/mol. The molecule has 1 aromatic heterocycles. The molecule has 94 valence electrons. The fourth-order valence-corrected chi connectivity index (χ4v) is 3.86. The zero-order valence-electron chi connectivity index (χ0n) is 9.60. The first-order chi connectivity index (χ1) is 8.60. The molecule has 0 bridgehead atoms. The maximum atomic E-state index is 10.8. The summed E-state index contributed by atoms with van der Waals surface area (Å²) in [5, 5.41) is 28.8. The topological polar surface area (TPSA) is 69.1 Å². The number of aliphatic hydroxyl groups excluding tert-OH is 1. The van der Waals surface area contributed by atoms with Crippen molar-refractivity contribution in [1.29, 1.82) is 0 Å². The zero-order valence-corrected chi connectivity index (χ0v) is 10.4. The number of fused-ring (bicyclic) bond motifs is 2. The number of nitrogens with zero attached hydrogens (tertiary/aromatic N) is 1. The molecule has 18 heavy (non-hydrogen) atoms. The van der Waals surface area contributed by atoms with Crippen LogP contribution in [0.4, 0.5) is 0 Å². The summed E-state index contributed by atoms with van der Waals surface area (Å²) in [5.74, 6) is 0.313. The Morgan fingerprint density at radius 3 is 2.78 bits per heavy atom. The van der Waals surface area contributed by atoms with Crippen molar-refractivity contribution in [2.45, 2.75) is 24.5 Å². The van der Waals surface area contributed by atoms with Crippen LogP contribution in [0.1, 0.15) is 18.4 Å². The standard InChI is InChI=1S/C13H13ClN2O2/c14-6-1-9(8-5-15-16-12(8)2-6)13(18)10-3-7(17)4-11(10)13/h1-2,5,7,10-11,17-18H,3-4H2,(H,15,16)/t7?,10-,11+,13?. The SMILES string of the molecule is OC1C[C@@H]2[C@H](C1)C2(O)c1cc(Cl)cc2[nH]ncc12. The second kappa shape index (κ2) is 3.26. The molecule has 2 aliphatic carbocycles. The van der Waals surface area contributed by atoms with Gasteiger partial charge in [0.25, 0.3) is 0 Å². The van der Waals surface area contributed by atoms with E-state index in [1.807, 2.05) is 12.1 Å². The second-order valence-corrected chi connectivity index (χ2v) is 5.88. The normalized spacial score (nSPS) is 38.1. The average molecular weight is 265 g/mol. The molecular formula is C13H13ClN2O2. The molecule has 4 nitrogen and oxygen atoms in total. The summed E-state index contributed by atoms with van der Waals surface area (Å²) in [6.45, 7) is 0. The second-order valence-electron chi connectivity index (χ2n) is 5.45. The molecule has 2 saturated carbocycles. The summed E-state index contributed by atoms with van der Waals surface area (Å²) in [4.78, 5) is 0. The lowest BCUT2D eigenvalue weighted by molar-refractivity contribution is 0.0664. The van der Waals surface area contributed by atoms with Crippen molar-refractivity contribution >= 4 is 22.5 Å². The fourth-order valence-electron chi connectivity index (χ4n) is 3.64. The van der Waals surface area contributed by atoms with Gasteiger partial charge in [0.1, 0.15) is 0 Å². The van der Waals surface area contributed by atoms with Crippen LogP contribution in [0, 0.1) is 11.8 Å². The summed E-state index contributed by atoms with van der Waals surface area (Å²) < 4.78 is 0. The number of benzene rings is 1. The molecule has 5 heteroatoms. The van der Waals surface area contributed by atoms with Gasteiger partial charge in [-0.05, 0) is 30.5 Å². The van der Waals surface area contributed by atoms with Gasteiger partial charge in [-0.2, -0.15) is 5.10 Å². The molecule has 4 atom stereocenters. The lowest BCUT2D eigenvalue weighted by Gasteiger charge is -2.18. The maximum absolute atomic E-state index is 10.8. The van der Waals surface area contributed by atoms with Crippen LogP contribution in [-0.4, -0.2) is 26.5 Å². The van der Waals surface area contributed by atoms with Gasteiger partial charge in [-0.25, -0.2) is 0 Å². The highest BCUT2D eigenvalue weighted by Crippen LogP contribution is 2.67. The molecule has 1 aromatic carbocycles. The molecule has 1 heterocycles. The molecule has 2 unspecified atom stereocenters. The molecule has 0 amide bonds. The van der Waals surface area contributed by atoms with E-state index in [4.69, 9.17) is 11.6 Å². The third-order valence-electron chi connectivity index (χ3n) is 4.51. The van der Waals surface area contributed by atoms with Crippen LogP contribution < -0.4 is 0 Å². The van der Waals surface area contributed by atoms with E-state index in [-0.39, 0.29) is 17.9 Å². The van der Waals surface area contributed by atoms with Crippen molar-refractivity contribution in [2.24, 2.45) is 11.8 Å². The summed E-state index contributed by atoms with van der Waals surface area (Å²) >= 11 is 6.09. The van der Waals surface area contributed by atoms with Gasteiger partial charge in [0.15, 0.2) is 0 Å². The molecule has 2 aliphatic rings. The molecule has 0 spiro atoms. The van der Waals surface area contributed by atoms with Crippen LogP contribution in [-0.2, 0) is 5.60 Å². The Kier molecular flexibility index (Phi) is 1.95. The third kappa shape index (κ3) is 1.20. The van der Waals surface area contributed by atoms with Crippen LogP contribution >= 0.6 is 11.6 Å². The van der Waals surface area contributed by atoms with Crippen LogP contribution in [0.3, 0.4) is 0 Å². The minimum atomic E-state index is -0.827. The highest BCUT2D eigenvalue weighted by Gasteiger charge is 2.68. The van der Waals surface area contributed by atoms with E-state index in [2.05, 4.69) is 10.2 Å². The molecule has 2 fully saturated rings. The quantitative estimate of drug-likeness (QED) is 0.736. The van der Waals surface area contributed by atoms with Gasteiger partial charge in [0.2, 0.25) is 0 Å². The Hall–Kier alpha value is -1.10. The van der Waals surface area contributed by atoms with Crippen molar-refractivity contribution in [1.82, 2.24) is 10.2 Å². The lowest BCUT2D eigenvalue weighted by Crippen LogP contribution is -2.19. The predicted octanol–water partition coefficient (Wildman–Crippen LogP) is 1.80. The fraction of sp³-hybridized carbons (Fsp3) is 0.462. The Morgan fingerprint density at radius 2 is 2.06 bits per heavy atom. The number of halogens is 1. The van der Waals surface area contributed by atoms with Crippen molar-refractivity contribution in [3.05, 3.63) is 28.9 Å². The van der Waals surface area contributed by atoms with Gasteiger partial charge in [-0.15, -0.1) is 0 Å². The van der Waals surface area contributed by atoms with E-state index in [1.165, 1.54) is 0 Å². The molecule has 4 rings (SSSR count). The first-order valence-corrected chi connectivity index (χ1v) is 6.52. The van der Waals surface area contributed by atoms with Gasteiger partial charge in [-0.3, -0.25) is 5.10 Å². The Morgan fingerprint density at radius 1 is 1.33 bits per heavy atom. The van der Waals surface area contributed by atoms with E-state index in [0.717, 1.165) is 16.5 Å². The van der Waals surface area contributed by atoms with Crippen molar-refractivity contribution in [3.8, 4) is 0 Å². The summed E-state index contributed by atoms with van der Waals surface area (Å²) in [5.41, 5.74) is 0.865. The largest absolute Gasteiger partial charge is 0.393 e. The van der Waals surface area contributed by atoms with E-state index >= 15 is 0 Å². The number of nitrogens with one attached hydrogen (secondary N) is 1. The third-order valence-corrected chi connectivity index (χ3v) is 4.73. The number of hydrogen-bond donors (Lipinski definition) is 3. The van der Waals surface area contributed by atoms with Gasteiger partial charge >= 0.3 is 0 Å². The van der Waals surface area contributed by atoms with E-state index in [9.17, 15) is 10.2 Å². The molecule has 2 aromatic rings. The number of aliphatic hydroxyl groups is 2. The minimum absolute atomic E-state index is 0.157. The monoisotopic (exact) mass is 264 g/mol. The highest BCUT2D eigenvalue weighted by atomic mass is 35.5. The summed E-state index contributed by atoms with van der Waals surface area (Å²) in [6.07, 6.45) is 2.81. The van der Waals surface area contributed by atoms with Crippen LogP contribution in [0.25, 0.3) is 10.9 Å². The van der Waals surface area contributed by atoms with Crippen LogP contribution in [0.15, 0.2) is 18.3 Å². The molecule has 0 radical (unpaired) electrons. The number of rotatable bonds is 1. The van der Waals surface area contributed by atoms with Crippen molar-refractivity contribution < 1.29 is 10.2 Å². The predicted molar refractivity (Wildman–Crippen MR) is 67.2 cm³/mol. The molecule has 3 N–H and O–H groups in total. The number of aromatic amines is 1. The molecule has 0 saturated heterocycles. The maximum Gasteiger partial charge on any atom is 0.0969 e. The highest BCUT2D eigenvalue weighted by molar-refractivity contribution is 6.31. The van der Waals surface area contributed by atoms with Crippen molar-refractivity contribution in [2.75, 3.05) is 0 Å². The van der Waals surface area contributed by atoms with Crippen LogP contribution in [0.2, 0.25) is 5.02 Å². The Bertz CT molecular complexity index is 627.